The molecule has 0 saturated heterocycles. The monoisotopic (exact) mass is 341 g/mol. The van der Waals surface area contributed by atoms with Crippen molar-refractivity contribution in [2.45, 2.75) is 13.0 Å². The molecule has 6 heteroatoms. The van der Waals surface area contributed by atoms with Crippen LogP contribution in [0.3, 0.4) is 0 Å². The molecule has 0 bridgehead atoms. The zero-order valence-electron chi connectivity index (χ0n) is 13.8. The summed E-state index contributed by atoms with van der Waals surface area (Å²) in [6, 6.07) is 17.0. The predicted octanol–water partition coefficient (Wildman–Crippen LogP) is 2.21. The minimum absolute atomic E-state index is 0.0266. The van der Waals surface area contributed by atoms with Gasteiger partial charge in [0, 0.05) is 0 Å². The van der Waals surface area contributed by atoms with E-state index in [1.54, 1.807) is 60.7 Å². The topological polar surface area (TPSA) is 81.7 Å². The smallest absolute Gasteiger partial charge is 0.338 e. The first kappa shape index (κ1) is 18.2. The van der Waals surface area contributed by atoms with Gasteiger partial charge in [0.1, 0.15) is 6.61 Å². The van der Waals surface area contributed by atoms with Gasteiger partial charge in [0.25, 0.3) is 5.91 Å². The van der Waals surface area contributed by atoms with Crippen LogP contribution in [-0.2, 0) is 14.3 Å². The molecule has 0 unspecified atom stereocenters. The quantitative estimate of drug-likeness (QED) is 0.617. The summed E-state index contributed by atoms with van der Waals surface area (Å²) in [5.41, 5.74) is 0.818. The summed E-state index contributed by atoms with van der Waals surface area (Å²) in [6.07, 6.45) is -0.947. The molecule has 0 radical (unpaired) electrons. The Labute approximate surface area is 145 Å². The van der Waals surface area contributed by atoms with Gasteiger partial charge in [-0.25, -0.2) is 9.59 Å². The highest BCUT2D eigenvalue weighted by atomic mass is 16.5. The van der Waals surface area contributed by atoms with E-state index in [1.807, 2.05) is 0 Å². The molecule has 2 aromatic carbocycles. The average Bonchev–Trinajstić information content (AvgIpc) is 2.66. The van der Waals surface area contributed by atoms with E-state index < -0.39 is 23.9 Å². The Morgan fingerprint density at radius 3 is 1.96 bits per heavy atom. The van der Waals surface area contributed by atoms with Crippen LogP contribution in [0.1, 0.15) is 27.6 Å². The van der Waals surface area contributed by atoms with Crippen molar-refractivity contribution in [3.63, 3.8) is 0 Å². The largest absolute Gasteiger partial charge is 0.460 e. The highest BCUT2D eigenvalue weighted by Crippen LogP contribution is 2.04. The number of benzene rings is 2. The molecule has 0 saturated carbocycles. The maximum absolute atomic E-state index is 11.9. The molecule has 0 heterocycles. The third-order valence-corrected chi connectivity index (χ3v) is 3.31. The summed E-state index contributed by atoms with van der Waals surface area (Å²) in [5.74, 6) is -1.49. The van der Waals surface area contributed by atoms with Crippen LogP contribution in [0.15, 0.2) is 60.7 Å². The number of carbonyl (C=O) groups excluding carboxylic acids is 3. The molecule has 2 aromatic rings. The van der Waals surface area contributed by atoms with Gasteiger partial charge in [0.2, 0.25) is 0 Å². The zero-order valence-corrected chi connectivity index (χ0v) is 13.8. The van der Waals surface area contributed by atoms with Crippen molar-refractivity contribution in [1.82, 2.24) is 5.32 Å². The Bertz CT molecular complexity index is 715. The van der Waals surface area contributed by atoms with Gasteiger partial charge >= 0.3 is 11.9 Å². The molecule has 0 aliphatic carbocycles. The predicted molar refractivity (Wildman–Crippen MR) is 91.1 cm³/mol. The highest BCUT2D eigenvalue weighted by Gasteiger charge is 2.18. The SMILES string of the molecule is C[C@@H](OC(=O)c1ccccc1)C(=O)NCCOC(=O)c1ccccc1. The Morgan fingerprint density at radius 2 is 1.40 bits per heavy atom. The fraction of sp³-hybridized carbons (Fsp3) is 0.211. The highest BCUT2D eigenvalue weighted by molar-refractivity contribution is 5.92. The lowest BCUT2D eigenvalue weighted by Crippen LogP contribution is -2.37. The number of carbonyl (C=O) groups is 3. The molecule has 25 heavy (non-hydrogen) atoms. The maximum Gasteiger partial charge on any atom is 0.338 e. The summed E-state index contributed by atoms with van der Waals surface area (Å²) in [6.45, 7) is 1.63. The zero-order chi connectivity index (χ0) is 18.1. The first-order valence-corrected chi connectivity index (χ1v) is 7.84. The van der Waals surface area contributed by atoms with E-state index in [1.165, 1.54) is 6.92 Å². The van der Waals surface area contributed by atoms with Gasteiger partial charge in [-0.3, -0.25) is 4.79 Å². The van der Waals surface area contributed by atoms with Crippen LogP contribution < -0.4 is 5.32 Å². The lowest BCUT2D eigenvalue weighted by atomic mass is 10.2. The lowest BCUT2D eigenvalue weighted by Gasteiger charge is -2.13. The van der Waals surface area contributed by atoms with Crippen molar-refractivity contribution < 1.29 is 23.9 Å². The summed E-state index contributed by atoms with van der Waals surface area (Å²) < 4.78 is 10.1. The Hall–Kier alpha value is -3.15. The van der Waals surface area contributed by atoms with Crippen molar-refractivity contribution in [2.24, 2.45) is 0 Å². The maximum atomic E-state index is 11.9. The number of hydrogen-bond acceptors (Lipinski definition) is 5. The third-order valence-electron chi connectivity index (χ3n) is 3.31. The average molecular weight is 341 g/mol. The number of hydrogen-bond donors (Lipinski definition) is 1. The molecule has 0 spiro atoms. The van der Waals surface area contributed by atoms with Gasteiger partial charge in [-0.1, -0.05) is 36.4 Å². The van der Waals surface area contributed by atoms with Gasteiger partial charge < -0.3 is 14.8 Å². The van der Waals surface area contributed by atoms with Crippen molar-refractivity contribution in [3.05, 3.63) is 71.8 Å². The van der Waals surface area contributed by atoms with Crippen LogP contribution in [0.4, 0.5) is 0 Å². The number of esters is 2. The van der Waals surface area contributed by atoms with Crippen LogP contribution in [0.2, 0.25) is 0 Å². The minimum Gasteiger partial charge on any atom is -0.460 e. The van der Waals surface area contributed by atoms with Gasteiger partial charge in [-0.05, 0) is 31.2 Å². The summed E-state index contributed by atoms with van der Waals surface area (Å²) in [7, 11) is 0. The second-order valence-corrected chi connectivity index (χ2v) is 5.21. The van der Waals surface area contributed by atoms with Crippen LogP contribution in [0, 0.1) is 0 Å². The van der Waals surface area contributed by atoms with Crippen molar-refractivity contribution >= 4 is 17.8 Å². The van der Waals surface area contributed by atoms with E-state index in [2.05, 4.69) is 5.32 Å². The van der Waals surface area contributed by atoms with Crippen molar-refractivity contribution in [2.75, 3.05) is 13.2 Å². The Kier molecular flexibility index (Phi) is 6.71. The third kappa shape index (κ3) is 5.76. The van der Waals surface area contributed by atoms with Crippen LogP contribution in [-0.4, -0.2) is 37.1 Å². The Balaban J connectivity index is 1.69. The van der Waals surface area contributed by atoms with E-state index in [0.29, 0.717) is 11.1 Å². The summed E-state index contributed by atoms with van der Waals surface area (Å²) in [4.78, 5) is 35.5. The molecule has 0 aromatic heterocycles. The summed E-state index contributed by atoms with van der Waals surface area (Å²) in [5, 5.41) is 2.55. The van der Waals surface area contributed by atoms with Gasteiger partial charge in [0.15, 0.2) is 6.10 Å². The number of rotatable bonds is 7. The van der Waals surface area contributed by atoms with Gasteiger partial charge in [-0.2, -0.15) is 0 Å². The fourth-order valence-electron chi connectivity index (χ4n) is 1.98. The molecule has 1 N–H and O–H groups in total. The molecule has 0 aliphatic heterocycles. The van der Waals surface area contributed by atoms with E-state index in [4.69, 9.17) is 9.47 Å². The van der Waals surface area contributed by atoms with E-state index in [-0.39, 0.29) is 13.2 Å². The summed E-state index contributed by atoms with van der Waals surface area (Å²) >= 11 is 0. The van der Waals surface area contributed by atoms with Crippen LogP contribution >= 0.6 is 0 Å². The second-order valence-electron chi connectivity index (χ2n) is 5.21. The van der Waals surface area contributed by atoms with E-state index in [0.717, 1.165) is 0 Å². The minimum atomic E-state index is -0.947. The molecular formula is C19H19NO5. The van der Waals surface area contributed by atoms with Crippen LogP contribution in [0.5, 0.6) is 0 Å². The molecule has 1 amide bonds. The van der Waals surface area contributed by atoms with Crippen LogP contribution in [0.25, 0.3) is 0 Å². The molecule has 2 rings (SSSR count). The first-order chi connectivity index (χ1) is 12.1. The normalized spacial score (nSPS) is 11.2. The Morgan fingerprint density at radius 1 is 0.880 bits per heavy atom. The molecular weight excluding hydrogens is 322 g/mol. The number of ether oxygens (including phenoxy) is 2. The number of nitrogens with one attached hydrogen (secondary N) is 1. The fourth-order valence-corrected chi connectivity index (χ4v) is 1.98. The lowest BCUT2D eigenvalue weighted by molar-refractivity contribution is -0.129. The molecule has 0 fully saturated rings. The second kappa shape index (κ2) is 9.22. The van der Waals surface area contributed by atoms with Gasteiger partial charge in [-0.15, -0.1) is 0 Å². The molecule has 0 aliphatic rings. The molecule has 130 valence electrons. The first-order valence-electron chi connectivity index (χ1n) is 7.84. The molecule has 1 atom stereocenters. The molecule has 6 nitrogen and oxygen atoms in total. The van der Waals surface area contributed by atoms with Crippen molar-refractivity contribution in [3.8, 4) is 0 Å². The van der Waals surface area contributed by atoms with E-state index >= 15 is 0 Å². The van der Waals surface area contributed by atoms with Gasteiger partial charge in [0.05, 0.1) is 17.7 Å². The van der Waals surface area contributed by atoms with Crippen molar-refractivity contribution in [1.29, 1.82) is 0 Å². The van der Waals surface area contributed by atoms with E-state index in [9.17, 15) is 14.4 Å². The number of amides is 1. The standard InChI is InChI=1S/C19H19NO5/c1-14(25-19(23)16-10-6-3-7-11-16)17(21)20-12-13-24-18(22)15-8-4-2-5-9-15/h2-11,14H,12-13H2,1H3,(H,20,21)/t14-/m1/s1.